The number of aliphatic hydroxyl groups is 3. The second-order valence-electron chi connectivity index (χ2n) is 12.0. The van der Waals surface area contributed by atoms with Gasteiger partial charge in [-0.1, -0.05) is 12.1 Å². The minimum atomic E-state index is -1.73. The lowest BCUT2D eigenvalue weighted by Crippen LogP contribution is -2.61. The van der Waals surface area contributed by atoms with Crippen LogP contribution in [-0.4, -0.2) is 105 Å². The predicted octanol–water partition coefficient (Wildman–Crippen LogP) is 1.38. The molecule has 6 rings (SSSR count). The third-order valence-corrected chi connectivity index (χ3v) is 9.32. The summed E-state index contributed by atoms with van der Waals surface area (Å²) in [6.07, 6.45) is -2.65. The summed E-state index contributed by atoms with van der Waals surface area (Å²) in [6, 6.07) is 6.98. The quantitative estimate of drug-likeness (QED) is 0.102. The molecule has 2 saturated heterocycles. The molecule has 2 aromatic rings. The molecular formula is C34H37NO13. The highest BCUT2D eigenvalue weighted by molar-refractivity contribution is 5.95. The average Bonchev–Trinajstić information content (AvgIpc) is 3.08. The molecule has 14 heteroatoms. The van der Waals surface area contributed by atoms with Crippen molar-refractivity contribution in [2.45, 2.75) is 55.9 Å². The molecule has 4 heterocycles. The van der Waals surface area contributed by atoms with Gasteiger partial charge >= 0.3 is 5.97 Å². The van der Waals surface area contributed by atoms with Gasteiger partial charge in [0.1, 0.15) is 18.3 Å². The van der Waals surface area contributed by atoms with Crippen LogP contribution in [-0.2, 0) is 35.0 Å². The summed E-state index contributed by atoms with van der Waals surface area (Å²) in [7, 11) is 1.38. The van der Waals surface area contributed by atoms with E-state index in [4.69, 9.17) is 23.7 Å². The van der Waals surface area contributed by atoms with E-state index >= 15 is 0 Å². The molecule has 1 amide bonds. The predicted molar refractivity (Wildman–Crippen MR) is 165 cm³/mol. The maximum Gasteiger partial charge on any atom is 0.331 e. The average molecular weight is 668 g/mol. The van der Waals surface area contributed by atoms with E-state index in [9.17, 15) is 40.2 Å². The third kappa shape index (κ3) is 6.08. The van der Waals surface area contributed by atoms with Crippen molar-refractivity contribution >= 4 is 18.0 Å². The van der Waals surface area contributed by atoms with Crippen LogP contribution in [0, 0.1) is 11.8 Å². The fraction of sp³-hybridized carbons (Fsp3) is 0.412. The van der Waals surface area contributed by atoms with Crippen molar-refractivity contribution < 1.29 is 63.9 Å². The number of hydrogen-bond donors (Lipinski definition) is 6. The van der Waals surface area contributed by atoms with Crippen LogP contribution in [0.2, 0.25) is 0 Å². The van der Waals surface area contributed by atoms with E-state index < -0.39 is 67.4 Å². The molecule has 48 heavy (non-hydrogen) atoms. The number of hydrogen-bond acceptors (Lipinski definition) is 13. The van der Waals surface area contributed by atoms with E-state index in [1.54, 1.807) is 11.0 Å². The molecule has 256 valence electrons. The van der Waals surface area contributed by atoms with Gasteiger partial charge in [-0.15, -0.1) is 6.58 Å². The Balaban J connectivity index is 1.23. The number of methoxy groups -OCH3 is 1. The summed E-state index contributed by atoms with van der Waals surface area (Å²) in [4.78, 5) is 28.3. The molecule has 0 aliphatic carbocycles. The summed E-state index contributed by atoms with van der Waals surface area (Å²) < 4.78 is 28.4. The van der Waals surface area contributed by atoms with Crippen LogP contribution in [0.25, 0.3) is 6.08 Å². The molecule has 0 spiro atoms. The number of carbonyl (C=O) groups is 2. The SMILES string of the molecule is C=C[C@H]1[C@H](O[C@@H]2O[C@H](CO)[C@@H](O)[C@H](O)[C@H]2OC(=O)C=Cc2ccc(O)c(OC)c2)OC=C2C(=O)N3CCc4cc(O)c(O)cc4[C@H]3C[C@H]21. The van der Waals surface area contributed by atoms with Gasteiger partial charge in [-0.3, -0.25) is 4.79 Å². The van der Waals surface area contributed by atoms with Crippen LogP contribution in [0.4, 0.5) is 0 Å². The molecule has 6 N–H and O–H groups in total. The molecule has 4 aliphatic heterocycles. The van der Waals surface area contributed by atoms with Crippen LogP contribution in [0.15, 0.2) is 60.9 Å². The monoisotopic (exact) mass is 667 g/mol. The summed E-state index contributed by atoms with van der Waals surface area (Å²) in [5, 5.41) is 61.4. The number of rotatable bonds is 8. The number of phenols is 3. The number of esters is 1. The zero-order valence-corrected chi connectivity index (χ0v) is 25.9. The lowest BCUT2D eigenvalue weighted by molar-refractivity contribution is -0.340. The topological polar surface area (TPSA) is 205 Å². The van der Waals surface area contributed by atoms with Crippen LogP contribution in [0.3, 0.4) is 0 Å². The first kappa shape index (κ1) is 33.3. The number of aromatic hydroxyl groups is 3. The van der Waals surface area contributed by atoms with Crippen LogP contribution < -0.4 is 4.74 Å². The molecule has 0 aromatic heterocycles. The largest absolute Gasteiger partial charge is 0.504 e. The second-order valence-corrected chi connectivity index (χ2v) is 12.0. The van der Waals surface area contributed by atoms with E-state index in [-0.39, 0.29) is 28.9 Å². The number of piperidine rings is 1. The lowest BCUT2D eigenvalue weighted by Gasteiger charge is -2.49. The van der Waals surface area contributed by atoms with Gasteiger partial charge in [0, 0.05) is 24.5 Å². The Bertz CT molecular complexity index is 1640. The Morgan fingerprint density at radius 3 is 2.58 bits per heavy atom. The minimum absolute atomic E-state index is 0.0881. The molecule has 2 aromatic carbocycles. The second kappa shape index (κ2) is 13.5. The molecule has 0 unspecified atom stereocenters. The number of fused-ring (bicyclic) bond motifs is 4. The van der Waals surface area contributed by atoms with Gasteiger partial charge in [0.2, 0.25) is 12.6 Å². The number of ether oxygens (including phenoxy) is 5. The standard InChI is InChI=1S/C34H37NO13/c1-3-18-20-12-22-19-13-25(39)24(38)11-17(19)8-9-35(22)32(43)21(20)15-45-33(18)48-34-31(30(42)29(41)27(14-36)46-34)47-28(40)7-5-16-4-6-23(37)26(10-16)44-2/h3-7,10-11,13,15,18,20,22,27,29-31,33-34,36-39,41-42H,1,8-9,12,14H2,2H3/t18-,20+,22-,27-,29-,30+,31-,33+,34+/m1/s1. The highest BCUT2D eigenvalue weighted by Gasteiger charge is 2.52. The normalized spacial score (nSPS) is 31.2. The molecule has 4 aliphatic rings. The number of carbonyl (C=O) groups excluding carboxylic acids is 2. The van der Waals surface area contributed by atoms with Gasteiger partial charge in [-0.25, -0.2) is 4.79 Å². The first-order chi connectivity index (χ1) is 23.0. The highest BCUT2D eigenvalue weighted by atomic mass is 16.8. The van der Waals surface area contributed by atoms with Crippen LogP contribution in [0.1, 0.15) is 29.2 Å². The fourth-order valence-corrected chi connectivity index (χ4v) is 6.80. The van der Waals surface area contributed by atoms with Gasteiger partial charge in [0.15, 0.2) is 29.1 Å². The Morgan fingerprint density at radius 1 is 1.08 bits per heavy atom. The Hall–Kier alpha value is -4.60. The Morgan fingerprint density at radius 2 is 1.85 bits per heavy atom. The first-order valence-corrected chi connectivity index (χ1v) is 15.4. The van der Waals surface area contributed by atoms with Crippen LogP contribution >= 0.6 is 0 Å². The zero-order chi connectivity index (χ0) is 34.3. The summed E-state index contributed by atoms with van der Waals surface area (Å²) in [5.41, 5.74) is 2.44. The lowest BCUT2D eigenvalue weighted by atomic mass is 9.73. The molecule has 0 bridgehead atoms. The van der Waals surface area contributed by atoms with E-state index in [0.29, 0.717) is 30.5 Å². The van der Waals surface area contributed by atoms with E-state index in [1.807, 2.05) is 0 Å². The van der Waals surface area contributed by atoms with Gasteiger partial charge < -0.3 is 59.2 Å². The number of benzene rings is 2. The van der Waals surface area contributed by atoms with Crippen molar-refractivity contribution in [2.24, 2.45) is 11.8 Å². The number of aliphatic hydroxyl groups excluding tert-OH is 3. The summed E-state index contributed by atoms with van der Waals surface area (Å²) >= 11 is 0. The van der Waals surface area contributed by atoms with E-state index in [2.05, 4.69) is 6.58 Å². The Labute approximate surface area is 275 Å². The van der Waals surface area contributed by atoms with Gasteiger partial charge in [0.05, 0.1) is 31.6 Å². The van der Waals surface area contributed by atoms with E-state index in [1.165, 1.54) is 49.8 Å². The first-order valence-electron chi connectivity index (χ1n) is 15.4. The number of nitrogens with zero attached hydrogens (tertiary/aromatic N) is 1. The van der Waals surface area contributed by atoms with Crippen molar-refractivity contribution in [3.05, 3.63) is 77.6 Å². The van der Waals surface area contributed by atoms with Crippen LogP contribution in [0.5, 0.6) is 23.0 Å². The number of phenolic OH excluding ortho intramolecular Hbond substituents is 3. The smallest absolute Gasteiger partial charge is 0.331 e. The molecule has 0 radical (unpaired) electrons. The highest BCUT2D eigenvalue weighted by Crippen LogP contribution is 2.49. The number of amides is 1. The van der Waals surface area contributed by atoms with Crippen molar-refractivity contribution in [2.75, 3.05) is 20.3 Å². The van der Waals surface area contributed by atoms with Gasteiger partial charge in [-0.05, 0) is 59.9 Å². The molecule has 9 atom stereocenters. The zero-order valence-electron chi connectivity index (χ0n) is 25.9. The van der Waals surface area contributed by atoms with Gasteiger partial charge in [0.25, 0.3) is 5.91 Å². The van der Waals surface area contributed by atoms with Crippen molar-refractivity contribution in [1.29, 1.82) is 0 Å². The van der Waals surface area contributed by atoms with Gasteiger partial charge in [-0.2, -0.15) is 0 Å². The van der Waals surface area contributed by atoms with Crippen molar-refractivity contribution in [3.8, 4) is 23.0 Å². The Kier molecular flexibility index (Phi) is 9.36. The maximum atomic E-state index is 13.7. The minimum Gasteiger partial charge on any atom is -0.504 e. The molecule has 14 nitrogen and oxygen atoms in total. The van der Waals surface area contributed by atoms with Crippen molar-refractivity contribution in [1.82, 2.24) is 4.90 Å². The summed E-state index contributed by atoms with van der Waals surface area (Å²) in [5.74, 6) is -2.71. The molecular weight excluding hydrogens is 630 g/mol. The summed E-state index contributed by atoms with van der Waals surface area (Å²) in [6.45, 7) is 3.66. The maximum absolute atomic E-state index is 13.7. The molecule has 2 fully saturated rings. The fourth-order valence-electron chi connectivity index (χ4n) is 6.80. The van der Waals surface area contributed by atoms with E-state index in [0.717, 1.165) is 17.2 Å². The van der Waals surface area contributed by atoms with Crippen molar-refractivity contribution in [3.63, 3.8) is 0 Å². The molecule has 0 saturated carbocycles. The third-order valence-electron chi connectivity index (χ3n) is 9.32.